The van der Waals surface area contributed by atoms with Crippen LogP contribution in [0, 0.1) is 0 Å². The Balaban J connectivity index is 1.92. The number of aromatic hydroxyl groups is 1. The molecule has 1 aliphatic rings. The van der Waals surface area contributed by atoms with Crippen molar-refractivity contribution in [1.29, 1.82) is 0 Å². The first kappa shape index (κ1) is 9.21. The summed E-state index contributed by atoms with van der Waals surface area (Å²) in [5, 5.41) is 15.5. The molecule has 0 aromatic carbocycles. The normalized spacial score (nSPS) is 18.0. The number of anilines is 1. The maximum atomic E-state index is 9.00. The maximum Gasteiger partial charge on any atom is 0.223 e. The second-order valence-corrected chi connectivity index (χ2v) is 3.43. The highest BCUT2D eigenvalue weighted by molar-refractivity contribution is 5.27. The Morgan fingerprint density at radius 1 is 1.29 bits per heavy atom. The number of rotatable bonds is 2. The van der Waals surface area contributed by atoms with Gasteiger partial charge in [-0.3, -0.25) is 0 Å². The molecule has 14 heavy (non-hydrogen) atoms. The van der Waals surface area contributed by atoms with Crippen molar-refractivity contribution in [2.45, 2.75) is 18.9 Å². The molecule has 1 fully saturated rings. The van der Waals surface area contributed by atoms with Crippen molar-refractivity contribution < 1.29 is 5.11 Å². The zero-order valence-corrected chi connectivity index (χ0v) is 7.90. The Labute approximate surface area is 82.6 Å². The van der Waals surface area contributed by atoms with Crippen molar-refractivity contribution in [2.24, 2.45) is 0 Å². The predicted molar refractivity (Wildman–Crippen MR) is 53.2 cm³/mol. The molecule has 0 bridgehead atoms. The Bertz CT molecular complexity index is 281. The third-order valence-electron chi connectivity index (χ3n) is 2.31. The molecule has 1 aromatic heterocycles. The van der Waals surface area contributed by atoms with Crippen LogP contribution in [-0.2, 0) is 0 Å². The Hall–Kier alpha value is -1.36. The number of piperidine rings is 1. The van der Waals surface area contributed by atoms with E-state index >= 15 is 0 Å². The van der Waals surface area contributed by atoms with Gasteiger partial charge in [0.15, 0.2) is 5.75 Å². The first-order valence-electron chi connectivity index (χ1n) is 4.83. The van der Waals surface area contributed by atoms with Gasteiger partial charge in [-0.05, 0) is 25.9 Å². The van der Waals surface area contributed by atoms with Gasteiger partial charge < -0.3 is 15.7 Å². The van der Waals surface area contributed by atoms with E-state index in [-0.39, 0.29) is 5.75 Å². The molecule has 76 valence electrons. The topological polar surface area (TPSA) is 70.1 Å². The largest absolute Gasteiger partial charge is 0.505 e. The van der Waals surface area contributed by atoms with Crippen LogP contribution in [0.3, 0.4) is 0 Å². The summed E-state index contributed by atoms with van der Waals surface area (Å²) in [6, 6.07) is 0.445. The number of nitrogens with one attached hydrogen (secondary N) is 2. The first-order valence-corrected chi connectivity index (χ1v) is 4.83. The molecule has 0 atom stereocenters. The molecule has 1 aliphatic heterocycles. The van der Waals surface area contributed by atoms with Crippen LogP contribution in [0.5, 0.6) is 5.75 Å². The summed E-state index contributed by atoms with van der Waals surface area (Å²) in [4.78, 5) is 7.96. The maximum absolute atomic E-state index is 9.00. The van der Waals surface area contributed by atoms with Gasteiger partial charge in [-0.25, -0.2) is 9.97 Å². The Morgan fingerprint density at radius 3 is 2.57 bits per heavy atom. The van der Waals surface area contributed by atoms with Crippen molar-refractivity contribution in [3.8, 4) is 5.75 Å². The fraction of sp³-hybridized carbons (Fsp3) is 0.556. The molecule has 3 N–H and O–H groups in total. The highest BCUT2D eigenvalue weighted by atomic mass is 16.3. The molecule has 2 rings (SSSR count). The van der Waals surface area contributed by atoms with Crippen LogP contribution in [0.4, 0.5) is 5.95 Å². The molecule has 0 radical (unpaired) electrons. The van der Waals surface area contributed by atoms with Crippen LogP contribution >= 0.6 is 0 Å². The highest BCUT2D eigenvalue weighted by Gasteiger charge is 2.13. The molecule has 5 nitrogen and oxygen atoms in total. The van der Waals surface area contributed by atoms with Gasteiger partial charge in [-0.1, -0.05) is 0 Å². The minimum Gasteiger partial charge on any atom is -0.505 e. The third kappa shape index (κ3) is 2.32. The van der Waals surface area contributed by atoms with E-state index in [4.69, 9.17) is 5.11 Å². The average molecular weight is 194 g/mol. The third-order valence-corrected chi connectivity index (χ3v) is 2.31. The van der Waals surface area contributed by atoms with Crippen LogP contribution in [0.25, 0.3) is 0 Å². The summed E-state index contributed by atoms with van der Waals surface area (Å²) < 4.78 is 0. The summed E-state index contributed by atoms with van der Waals surface area (Å²) >= 11 is 0. The highest BCUT2D eigenvalue weighted by Crippen LogP contribution is 2.10. The van der Waals surface area contributed by atoms with E-state index in [9.17, 15) is 0 Å². The second-order valence-electron chi connectivity index (χ2n) is 3.43. The molecular formula is C9H14N4O. The summed E-state index contributed by atoms with van der Waals surface area (Å²) in [5.74, 6) is 0.690. The van der Waals surface area contributed by atoms with E-state index in [0.717, 1.165) is 25.9 Å². The van der Waals surface area contributed by atoms with Gasteiger partial charge in [0, 0.05) is 6.04 Å². The van der Waals surface area contributed by atoms with Crippen molar-refractivity contribution in [3.05, 3.63) is 12.4 Å². The smallest absolute Gasteiger partial charge is 0.223 e. The van der Waals surface area contributed by atoms with Gasteiger partial charge in [0.2, 0.25) is 5.95 Å². The van der Waals surface area contributed by atoms with Gasteiger partial charge in [-0.15, -0.1) is 0 Å². The van der Waals surface area contributed by atoms with Crippen LogP contribution in [-0.4, -0.2) is 34.2 Å². The molecule has 0 saturated carbocycles. The lowest BCUT2D eigenvalue weighted by atomic mass is 10.1. The standard InChI is InChI=1S/C9H14N4O/c14-8-5-11-9(12-6-8)13-7-1-3-10-4-2-7/h5-7,10,14H,1-4H2,(H,11,12,13). The molecular weight excluding hydrogens is 180 g/mol. The van der Waals surface area contributed by atoms with Gasteiger partial charge in [0.05, 0.1) is 12.4 Å². The molecule has 0 amide bonds. The lowest BCUT2D eigenvalue weighted by Crippen LogP contribution is -2.35. The summed E-state index contributed by atoms with van der Waals surface area (Å²) in [7, 11) is 0. The number of hydrogen-bond donors (Lipinski definition) is 3. The van der Waals surface area contributed by atoms with E-state index in [0.29, 0.717) is 12.0 Å². The fourth-order valence-corrected chi connectivity index (χ4v) is 1.54. The van der Waals surface area contributed by atoms with Gasteiger partial charge in [0.1, 0.15) is 0 Å². The first-order chi connectivity index (χ1) is 6.84. The predicted octanol–water partition coefficient (Wildman–Crippen LogP) is 0.346. The van der Waals surface area contributed by atoms with E-state index in [1.54, 1.807) is 0 Å². The summed E-state index contributed by atoms with van der Waals surface area (Å²) in [6.07, 6.45) is 4.97. The van der Waals surface area contributed by atoms with Crippen molar-refractivity contribution in [1.82, 2.24) is 15.3 Å². The van der Waals surface area contributed by atoms with Crippen LogP contribution in [0.15, 0.2) is 12.4 Å². The van der Waals surface area contributed by atoms with E-state index in [2.05, 4.69) is 20.6 Å². The fourth-order valence-electron chi connectivity index (χ4n) is 1.54. The molecule has 0 spiro atoms. The van der Waals surface area contributed by atoms with Crippen LogP contribution < -0.4 is 10.6 Å². The van der Waals surface area contributed by atoms with E-state index < -0.39 is 0 Å². The monoisotopic (exact) mass is 194 g/mol. The number of hydrogen-bond acceptors (Lipinski definition) is 5. The van der Waals surface area contributed by atoms with Gasteiger partial charge in [0.25, 0.3) is 0 Å². The second kappa shape index (κ2) is 4.23. The van der Waals surface area contributed by atoms with Crippen molar-refractivity contribution >= 4 is 5.95 Å². The number of nitrogens with zero attached hydrogens (tertiary/aromatic N) is 2. The van der Waals surface area contributed by atoms with E-state index in [1.165, 1.54) is 12.4 Å². The van der Waals surface area contributed by atoms with E-state index in [1.807, 2.05) is 0 Å². The minimum atomic E-state index is 0.0980. The van der Waals surface area contributed by atoms with Crippen molar-refractivity contribution in [3.63, 3.8) is 0 Å². The molecule has 0 unspecified atom stereocenters. The lowest BCUT2D eigenvalue weighted by Gasteiger charge is -2.23. The molecule has 5 heteroatoms. The Morgan fingerprint density at radius 2 is 1.93 bits per heavy atom. The molecule has 2 heterocycles. The molecule has 1 aromatic rings. The zero-order valence-electron chi connectivity index (χ0n) is 7.90. The average Bonchev–Trinajstić information content (AvgIpc) is 2.23. The van der Waals surface area contributed by atoms with Crippen LogP contribution in [0.2, 0.25) is 0 Å². The molecule has 1 saturated heterocycles. The van der Waals surface area contributed by atoms with Gasteiger partial charge >= 0.3 is 0 Å². The summed E-state index contributed by atoms with van der Waals surface area (Å²) in [5.41, 5.74) is 0. The number of aromatic nitrogens is 2. The van der Waals surface area contributed by atoms with Crippen LogP contribution in [0.1, 0.15) is 12.8 Å². The Kier molecular flexibility index (Phi) is 2.78. The zero-order chi connectivity index (χ0) is 9.80. The van der Waals surface area contributed by atoms with Gasteiger partial charge in [-0.2, -0.15) is 0 Å². The lowest BCUT2D eigenvalue weighted by molar-refractivity contribution is 0.466. The van der Waals surface area contributed by atoms with Crippen molar-refractivity contribution in [2.75, 3.05) is 18.4 Å². The SMILES string of the molecule is Oc1cnc(NC2CCNCC2)nc1. The minimum absolute atomic E-state index is 0.0980. The summed E-state index contributed by atoms with van der Waals surface area (Å²) in [6.45, 7) is 2.07. The quantitative estimate of drug-likeness (QED) is 0.633. The molecule has 0 aliphatic carbocycles.